The molecule has 0 fully saturated rings. The fourth-order valence-electron chi connectivity index (χ4n) is 1.06. The number of aryl methyl sites for hydroxylation is 1. The zero-order valence-electron chi connectivity index (χ0n) is 7.66. The zero-order valence-corrected chi connectivity index (χ0v) is 8.47. The second kappa shape index (κ2) is 4.66. The van der Waals surface area contributed by atoms with Crippen molar-refractivity contribution in [1.82, 2.24) is 4.98 Å². The number of rotatable bonds is 4. The highest BCUT2D eigenvalue weighted by atomic mass is 32.1. The third kappa shape index (κ3) is 2.47. The Labute approximate surface area is 81.6 Å². The summed E-state index contributed by atoms with van der Waals surface area (Å²) in [5.74, 6) is 0. The number of hydrogen-bond acceptors (Lipinski definition) is 5. The first-order valence-electron chi connectivity index (χ1n) is 4.21. The fourth-order valence-corrected chi connectivity index (χ4v) is 2.02. The molecule has 0 radical (unpaired) electrons. The van der Waals surface area contributed by atoms with Crippen LogP contribution < -0.4 is 11.5 Å². The minimum Gasteiger partial charge on any atom is -0.391 e. The molecule has 0 aliphatic carbocycles. The van der Waals surface area contributed by atoms with E-state index >= 15 is 0 Å². The summed E-state index contributed by atoms with van der Waals surface area (Å²) < 4.78 is 0. The van der Waals surface area contributed by atoms with Gasteiger partial charge in [0.1, 0.15) is 5.01 Å². The molecule has 5 heteroatoms. The van der Waals surface area contributed by atoms with Crippen LogP contribution in [-0.4, -0.2) is 16.6 Å². The molecule has 1 unspecified atom stereocenters. The van der Waals surface area contributed by atoms with Gasteiger partial charge in [-0.1, -0.05) is 0 Å². The molecule has 1 atom stereocenters. The molecule has 74 valence electrons. The van der Waals surface area contributed by atoms with Crippen molar-refractivity contribution in [2.45, 2.75) is 26.0 Å². The first-order valence-corrected chi connectivity index (χ1v) is 5.03. The Morgan fingerprint density at radius 3 is 2.77 bits per heavy atom. The van der Waals surface area contributed by atoms with Gasteiger partial charge in [-0.05, 0) is 19.9 Å². The van der Waals surface area contributed by atoms with Crippen LogP contribution in [0.1, 0.15) is 28.0 Å². The summed E-state index contributed by atoms with van der Waals surface area (Å²) in [5.41, 5.74) is 12.1. The van der Waals surface area contributed by atoms with Crippen LogP contribution >= 0.6 is 11.3 Å². The van der Waals surface area contributed by atoms with Crippen molar-refractivity contribution in [3.8, 4) is 0 Å². The summed E-state index contributed by atoms with van der Waals surface area (Å²) in [6, 6.07) is -0.0889. The van der Waals surface area contributed by atoms with E-state index in [-0.39, 0.29) is 12.6 Å². The van der Waals surface area contributed by atoms with E-state index in [1.807, 2.05) is 6.92 Å². The normalized spacial score (nSPS) is 13.2. The average molecular weight is 201 g/mol. The summed E-state index contributed by atoms with van der Waals surface area (Å²) in [7, 11) is 0. The van der Waals surface area contributed by atoms with Crippen LogP contribution in [0.2, 0.25) is 0 Å². The van der Waals surface area contributed by atoms with Crippen LogP contribution in [0.15, 0.2) is 0 Å². The van der Waals surface area contributed by atoms with Gasteiger partial charge in [-0.3, -0.25) is 0 Å². The van der Waals surface area contributed by atoms with Gasteiger partial charge in [-0.2, -0.15) is 0 Å². The zero-order chi connectivity index (χ0) is 9.84. The van der Waals surface area contributed by atoms with Gasteiger partial charge in [0.05, 0.1) is 23.2 Å². The highest BCUT2D eigenvalue weighted by Crippen LogP contribution is 2.23. The minimum atomic E-state index is -0.0889. The summed E-state index contributed by atoms with van der Waals surface area (Å²) in [6.45, 7) is 2.48. The lowest BCUT2D eigenvalue weighted by Gasteiger charge is -2.04. The molecule has 0 amide bonds. The molecule has 0 saturated carbocycles. The smallest absolute Gasteiger partial charge is 0.110 e. The summed E-state index contributed by atoms with van der Waals surface area (Å²) in [6.07, 6.45) is 0.734. The number of nitrogens with zero attached hydrogens (tertiary/aromatic N) is 1. The molecule has 1 rings (SSSR count). The molecule has 0 aromatic carbocycles. The molecule has 0 saturated heterocycles. The Bertz CT molecular complexity index is 274. The lowest BCUT2D eigenvalue weighted by molar-refractivity contribution is 0.284. The molecule has 5 N–H and O–H groups in total. The van der Waals surface area contributed by atoms with Gasteiger partial charge < -0.3 is 16.6 Å². The molecule has 0 aliphatic rings. The quantitative estimate of drug-likeness (QED) is 0.653. The molecular weight excluding hydrogens is 186 g/mol. The van der Waals surface area contributed by atoms with E-state index in [0.29, 0.717) is 6.54 Å². The maximum absolute atomic E-state index is 8.95. The molecule has 1 aromatic heterocycles. The highest BCUT2D eigenvalue weighted by Gasteiger charge is 2.12. The molecule has 1 aromatic rings. The second-order valence-corrected chi connectivity index (χ2v) is 4.02. The van der Waals surface area contributed by atoms with Crippen molar-refractivity contribution >= 4 is 11.3 Å². The Morgan fingerprint density at radius 2 is 2.31 bits per heavy atom. The van der Waals surface area contributed by atoms with Gasteiger partial charge >= 0.3 is 0 Å². The van der Waals surface area contributed by atoms with Crippen molar-refractivity contribution in [1.29, 1.82) is 0 Å². The number of aromatic nitrogens is 1. The van der Waals surface area contributed by atoms with Crippen molar-refractivity contribution in [3.63, 3.8) is 0 Å². The third-order valence-electron chi connectivity index (χ3n) is 1.85. The number of thiazole rings is 1. The maximum atomic E-state index is 8.95. The number of nitrogens with two attached hydrogens (primary N) is 2. The van der Waals surface area contributed by atoms with Gasteiger partial charge in [-0.25, -0.2) is 4.98 Å². The van der Waals surface area contributed by atoms with Gasteiger partial charge in [0.15, 0.2) is 0 Å². The van der Waals surface area contributed by atoms with Gasteiger partial charge in [-0.15, -0.1) is 11.3 Å². The molecule has 0 spiro atoms. The second-order valence-electron chi connectivity index (χ2n) is 2.90. The van der Waals surface area contributed by atoms with Gasteiger partial charge in [0.2, 0.25) is 0 Å². The monoisotopic (exact) mass is 201 g/mol. The van der Waals surface area contributed by atoms with Crippen LogP contribution in [0, 0.1) is 6.92 Å². The Hall–Kier alpha value is -0.490. The van der Waals surface area contributed by atoms with E-state index in [2.05, 4.69) is 4.98 Å². The predicted molar refractivity (Wildman–Crippen MR) is 53.4 cm³/mol. The van der Waals surface area contributed by atoms with Crippen LogP contribution in [0.3, 0.4) is 0 Å². The lowest BCUT2D eigenvalue weighted by Crippen LogP contribution is -2.14. The standard InChI is InChI=1S/C8H15N3OS/c1-5-7(4-12)13-8(11-5)6(10)2-3-9/h6,12H,2-4,9-10H2,1H3. The van der Waals surface area contributed by atoms with E-state index in [1.54, 1.807) is 0 Å². The van der Waals surface area contributed by atoms with Crippen LogP contribution in [0.4, 0.5) is 0 Å². The van der Waals surface area contributed by atoms with Crippen LogP contribution in [0.25, 0.3) is 0 Å². The van der Waals surface area contributed by atoms with E-state index in [4.69, 9.17) is 16.6 Å². The summed E-state index contributed by atoms with van der Waals surface area (Å²) in [4.78, 5) is 5.17. The first-order chi connectivity index (χ1) is 6.19. The predicted octanol–water partition coefficient (Wildman–Crippen LogP) is 0.292. The first kappa shape index (κ1) is 10.6. The molecule has 0 bridgehead atoms. The van der Waals surface area contributed by atoms with Crippen molar-refractivity contribution < 1.29 is 5.11 Å². The van der Waals surface area contributed by atoms with Crippen molar-refractivity contribution in [2.75, 3.05) is 6.54 Å². The number of aliphatic hydroxyl groups excluding tert-OH is 1. The van der Waals surface area contributed by atoms with E-state index in [1.165, 1.54) is 11.3 Å². The Morgan fingerprint density at radius 1 is 1.62 bits per heavy atom. The highest BCUT2D eigenvalue weighted by molar-refractivity contribution is 7.11. The van der Waals surface area contributed by atoms with Crippen LogP contribution in [-0.2, 0) is 6.61 Å². The van der Waals surface area contributed by atoms with Crippen molar-refractivity contribution in [3.05, 3.63) is 15.6 Å². The van der Waals surface area contributed by atoms with Gasteiger partial charge in [0.25, 0.3) is 0 Å². The lowest BCUT2D eigenvalue weighted by atomic mass is 10.2. The molecule has 13 heavy (non-hydrogen) atoms. The van der Waals surface area contributed by atoms with Gasteiger partial charge in [0, 0.05) is 0 Å². The number of hydrogen-bond donors (Lipinski definition) is 3. The van der Waals surface area contributed by atoms with Crippen molar-refractivity contribution in [2.24, 2.45) is 11.5 Å². The molecule has 1 heterocycles. The Kier molecular flexibility index (Phi) is 3.80. The average Bonchev–Trinajstić information content (AvgIpc) is 2.47. The largest absolute Gasteiger partial charge is 0.391 e. The summed E-state index contributed by atoms with van der Waals surface area (Å²) in [5, 5.41) is 9.82. The third-order valence-corrected chi connectivity index (χ3v) is 3.12. The van der Waals surface area contributed by atoms with E-state index in [0.717, 1.165) is 22.0 Å². The Balaban J connectivity index is 2.77. The fraction of sp³-hybridized carbons (Fsp3) is 0.625. The minimum absolute atomic E-state index is 0.0405. The molecule has 4 nitrogen and oxygen atoms in total. The van der Waals surface area contributed by atoms with Crippen LogP contribution in [0.5, 0.6) is 0 Å². The SMILES string of the molecule is Cc1nc(C(N)CCN)sc1CO. The van der Waals surface area contributed by atoms with E-state index in [9.17, 15) is 0 Å². The maximum Gasteiger partial charge on any atom is 0.110 e. The summed E-state index contributed by atoms with van der Waals surface area (Å²) >= 11 is 1.47. The topological polar surface area (TPSA) is 85.2 Å². The van der Waals surface area contributed by atoms with E-state index < -0.39 is 0 Å². The number of aliphatic hydroxyl groups is 1. The molecule has 0 aliphatic heterocycles. The molecular formula is C8H15N3OS.